The highest BCUT2D eigenvalue weighted by Gasteiger charge is 2.22. The van der Waals surface area contributed by atoms with Gasteiger partial charge in [0.15, 0.2) is 5.16 Å². The Morgan fingerprint density at radius 2 is 2.00 bits per heavy atom. The maximum absolute atomic E-state index is 13.3. The van der Waals surface area contributed by atoms with Crippen molar-refractivity contribution in [1.82, 2.24) is 9.55 Å². The number of anilines is 2. The second-order valence-electron chi connectivity index (χ2n) is 8.29. The van der Waals surface area contributed by atoms with Crippen LogP contribution in [0.4, 0.5) is 11.4 Å². The summed E-state index contributed by atoms with van der Waals surface area (Å²) in [6.07, 6.45) is 4.31. The van der Waals surface area contributed by atoms with E-state index >= 15 is 0 Å². The molecule has 174 valence electrons. The van der Waals surface area contributed by atoms with Gasteiger partial charge in [0.05, 0.1) is 35.7 Å². The van der Waals surface area contributed by atoms with E-state index in [0.717, 1.165) is 53.9 Å². The number of carbonyl (C=O) groups is 1. The van der Waals surface area contributed by atoms with Gasteiger partial charge in [-0.3, -0.25) is 14.2 Å². The van der Waals surface area contributed by atoms with Gasteiger partial charge < -0.3 is 15.0 Å². The van der Waals surface area contributed by atoms with Crippen LogP contribution in [0.1, 0.15) is 30.2 Å². The molecule has 0 unspecified atom stereocenters. The average Bonchev–Trinajstić information content (AvgIpc) is 3.22. The Balaban J connectivity index is 1.34. The zero-order valence-corrected chi connectivity index (χ0v) is 20.4. The Kier molecular flexibility index (Phi) is 6.71. The van der Waals surface area contributed by atoms with E-state index in [1.165, 1.54) is 28.6 Å². The number of hydrogen-bond acceptors (Lipinski definition) is 7. The molecule has 1 amide bonds. The summed E-state index contributed by atoms with van der Waals surface area (Å²) in [5, 5.41) is 4.46. The van der Waals surface area contributed by atoms with Gasteiger partial charge in [-0.15, -0.1) is 11.3 Å². The molecule has 1 aromatic carbocycles. The summed E-state index contributed by atoms with van der Waals surface area (Å²) in [7, 11) is 0. The van der Waals surface area contributed by atoms with Crippen molar-refractivity contribution in [2.45, 2.75) is 44.3 Å². The lowest BCUT2D eigenvalue weighted by atomic mass is 9.97. The fourth-order valence-corrected chi connectivity index (χ4v) is 6.75. The van der Waals surface area contributed by atoms with Crippen molar-refractivity contribution in [2.24, 2.45) is 0 Å². The number of rotatable bonds is 6. The second kappa shape index (κ2) is 9.87. The standard InChI is InChI=1S/C24H28N4O3S2/c1-2-28-23(30)21-16-7-3-6-10-19(16)33-22(21)26-24(28)32-15-20(29)25-17-8-4-5-9-18(17)27-11-13-31-14-12-27/h4-5,8-9H,2-3,6-7,10-15H2,1H3,(H,25,29). The Morgan fingerprint density at radius 3 is 2.82 bits per heavy atom. The zero-order valence-electron chi connectivity index (χ0n) is 18.8. The van der Waals surface area contributed by atoms with E-state index < -0.39 is 0 Å². The van der Waals surface area contributed by atoms with Gasteiger partial charge >= 0.3 is 0 Å². The molecule has 5 rings (SSSR count). The van der Waals surface area contributed by atoms with E-state index in [0.29, 0.717) is 24.9 Å². The van der Waals surface area contributed by atoms with Gasteiger partial charge in [0.25, 0.3) is 5.56 Å². The van der Waals surface area contributed by atoms with E-state index in [4.69, 9.17) is 9.72 Å². The smallest absolute Gasteiger partial charge is 0.263 e. The van der Waals surface area contributed by atoms with Crippen LogP contribution in [0.3, 0.4) is 0 Å². The van der Waals surface area contributed by atoms with Crippen molar-refractivity contribution < 1.29 is 9.53 Å². The van der Waals surface area contributed by atoms with Crippen LogP contribution in [0, 0.1) is 0 Å². The van der Waals surface area contributed by atoms with Crippen molar-refractivity contribution in [2.75, 3.05) is 42.3 Å². The first-order valence-corrected chi connectivity index (χ1v) is 13.4. The highest BCUT2D eigenvalue weighted by Crippen LogP contribution is 2.35. The lowest BCUT2D eigenvalue weighted by Crippen LogP contribution is -2.36. The molecule has 1 saturated heterocycles. The number of nitrogens with one attached hydrogen (secondary N) is 1. The molecule has 1 aliphatic carbocycles. The molecule has 1 fully saturated rings. The number of aromatic nitrogens is 2. The molecule has 7 nitrogen and oxygen atoms in total. The summed E-state index contributed by atoms with van der Waals surface area (Å²) in [4.78, 5) is 35.3. The Hall–Kier alpha value is -2.36. The number of hydrogen-bond donors (Lipinski definition) is 1. The van der Waals surface area contributed by atoms with Gasteiger partial charge in [-0.25, -0.2) is 4.98 Å². The molecule has 9 heteroatoms. The minimum Gasteiger partial charge on any atom is -0.378 e. The van der Waals surface area contributed by atoms with Crippen LogP contribution < -0.4 is 15.8 Å². The lowest BCUT2D eigenvalue weighted by molar-refractivity contribution is -0.113. The number of amides is 1. The van der Waals surface area contributed by atoms with Gasteiger partial charge in [-0.1, -0.05) is 23.9 Å². The number of thioether (sulfide) groups is 1. The van der Waals surface area contributed by atoms with Crippen LogP contribution in [-0.4, -0.2) is 47.5 Å². The lowest BCUT2D eigenvalue weighted by Gasteiger charge is -2.30. The normalized spacial score (nSPS) is 16.1. The summed E-state index contributed by atoms with van der Waals surface area (Å²) < 4.78 is 7.16. The molecule has 0 radical (unpaired) electrons. The van der Waals surface area contributed by atoms with E-state index in [9.17, 15) is 9.59 Å². The Morgan fingerprint density at radius 1 is 1.21 bits per heavy atom. The molecule has 33 heavy (non-hydrogen) atoms. The van der Waals surface area contributed by atoms with Crippen LogP contribution in [-0.2, 0) is 28.9 Å². The fourth-order valence-electron chi connectivity index (χ4n) is 4.58. The van der Waals surface area contributed by atoms with Crippen LogP contribution in [0.5, 0.6) is 0 Å². The van der Waals surface area contributed by atoms with E-state index in [1.807, 2.05) is 31.2 Å². The van der Waals surface area contributed by atoms with Crippen molar-refractivity contribution >= 4 is 50.6 Å². The van der Waals surface area contributed by atoms with Crippen LogP contribution >= 0.6 is 23.1 Å². The number of carbonyl (C=O) groups excluding carboxylic acids is 1. The number of morpholine rings is 1. The second-order valence-corrected chi connectivity index (χ2v) is 10.3. The number of aryl methyl sites for hydroxylation is 2. The molecular formula is C24H28N4O3S2. The molecule has 2 aromatic heterocycles. The van der Waals surface area contributed by atoms with Crippen molar-refractivity contribution in [3.63, 3.8) is 0 Å². The first-order valence-electron chi connectivity index (χ1n) is 11.5. The van der Waals surface area contributed by atoms with Gasteiger partial charge in [0, 0.05) is 24.5 Å². The summed E-state index contributed by atoms with van der Waals surface area (Å²) >= 11 is 2.98. The third kappa shape index (κ3) is 4.54. The molecule has 0 bridgehead atoms. The third-order valence-corrected chi connectivity index (χ3v) is 8.38. The third-order valence-electron chi connectivity index (χ3n) is 6.22. The zero-order chi connectivity index (χ0) is 22.8. The average molecular weight is 485 g/mol. The quantitative estimate of drug-likeness (QED) is 0.422. The van der Waals surface area contributed by atoms with E-state index in [1.54, 1.807) is 15.9 Å². The molecule has 3 heterocycles. The molecule has 3 aromatic rings. The van der Waals surface area contributed by atoms with Crippen molar-refractivity contribution in [3.05, 3.63) is 45.1 Å². The predicted octanol–water partition coefficient (Wildman–Crippen LogP) is 3.92. The molecule has 1 N–H and O–H groups in total. The minimum absolute atomic E-state index is 0.0301. The highest BCUT2D eigenvalue weighted by molar-refractivity contribution is 7.99. The predicted molar refractivity (Wildman–Crippen MR) is 135 cm³/mol. The Bertz CT molecular complexity index is 1230. The number of benzene rings is 1. The number of nitrogens with zero attached hydrogens (tertiary/aromatic N) is 3. The first-order chi connectivity index (χ1) is 16.2. The van der Waals surface area contributed by atoms with E-state index in [2.05, 4.69) is 10.2 Å². The summed E-state index contributed by atoms with van der Waals surface area (Å²) in [5.41, 5.74) is 3.04. The maximum Gasteiger partial charge on any atom is 0.263 e. The molecule has 0 spiro atoms. The maximum atomic E-state index is 13.3. The van der Waals surface area contributed by atoms with Gasteiger partial charge in [-0.2, -0.15) is 0 Å². The van der Waals surface area contributed by atoms with Gasteiger partial charge in [0.1, 0.15) is 4.83 Å². The number of para-hydroxylation sites is 2. The monoisotopic (exact) mass is 484 g/mol. The molecule has 2 aliphatic rings. The van der Waals surface area contributed by atoms with Crippen LogP contribution in [0.2, 0.25) is 0 Å². The topological polar surface area (TPSA) is 76.5 Å². The number of fused-ring (bicyclic) bond motifs is 3. The van der Waals surface area contributed by atoms with Gasteiger partial charge in [0.2, 0.25) is 5.91 Å². The van der Waals surface area contributed by atoms with Crippen molar-refractivity contribution in [1.29, 1.82) is 0 Å². The van der Waals surface area contributed by atoms with Crippen LogP contribution in [0.15, 0.2) is 34.2 Å². The molecular weight excluding hydrogens is 456 g/mol. The Labute approximate surface area is 201 Å². The van der Waals surface area contributed by atoms with Crippen molar-refractivity contribution in [3.8, 4) is 0 Å². The SMILES string of the molecule is CCn1c(SCC(=O)Nc2ccccc2N2CCOCC2)nc2sc3c(c2c1=O)CCCC3. The summed E-state index contributed by atoms with van der Waals surface area (Å²) in [6, 6.07) is 7.86. The minimum atomic E-state index is -0.108. The fraction of sp³-hybridized carbons (Fsp3) is 0.458. The molecule has 0 atom stereocenters. The van der Waals surface area contributed by atoms with Crippen LogP contribution in [0.25, 0.3) is 10.2 Å². The number of ether oxygens (including phenoxy) is 1. The largest absolute Gasteiger partial charge is 0.378 e. The molecule has 1 aliphatic heterocycles. The first kappa shape index (κ1) is 22.4. The van der Waals surface area contributed by atoms with E-state index in [-0.39, 0.29) is 17.2 Å². The summed E-state index contributed by atoms with van der Waals surface area (Å²) in [6.45, 7) is 5.48. The summed E-state index contributed by atoms with van der Waals surface area (Å²) in [5.74, 6) is 0.0868. The number of thiophene rings is 1. The highest BCUT2D eigenvalue weighted by atomic mass is 32.2. The van der Waals surface area contributed by atoms with Gasteiger partial charge in [-0.05, 0) is 50.3 Å². The molecule has 0 saturated carbocycles.